The summed E-state index contributed by atoms with van der Waals surface area (Å²) in [5.74, 6) is 0. The zero-order valence-corrected chi connectivity index (χ0v) is 14.7. The molecule has 2 aromatic rings. The summed E-state index contributed by atoms with van der Waals surface area (Å²) in [5, 5.41) is 4.34. The molecule has 112 valence electrons. The molecule has 0 aliphatic heterocycles. The van der Waals surface area contributed by atoms with E-state index in [0.29, 0.717) is 0 Å². The van der Waals surface area contributed by atoms with Crippen molar-refractivity contribution in [3.8, 4) is 0 Å². The highest BCUT2D eigenvalue weighted by Gasteiger charge is 2.14. The van der Waals surface area contributed by atoms with E-state index in [2.05, 4.69) is 58.3 Å². The predicted octanol–water partition coefficient (Wildman–Crippen LogP) is 5.09. The van der Waals surface area contributed by atoms with Crippen molar-refractivity contribution in [3.05, 3.63) is 62.8 Å². The Morgan fingerprint density at radius 2 is 2.14 bits per heavy atom. The van der Waals surface area contributed by atoms with Gasteiger partial charge in [-0.05, 0) is 65.1 Å². The lowest BCUT2D eigenvalue weighted by Gasteiger charge is -2.20. The Kier molecular flexibility index (Phi) is 6.22. The van der Waals surface area contributed by atoms with Crippen molar-refractivity contribution in [2.45, 2.75) is 32.7 Å². The fourth-order valence-corrected chi connectivity index (χ4v) is 2.80. The van der Waals surface area contributed by atoms with Crippen molar-refractivity contribution in [2.75, 3.05) is 6.54 Å². The van der Waals surface area contributed by atoms with Gasteiger partial charge in [-0.1, -0.05) is 30.7 Å². The Hall–Kier alpha value is -0.900. The second-order valence-corrected chi connectivity index (χ2v) is 6.41. The van der Waals surface area contributed by atoms with E-state index in [0.717, 1.165) is 34.6 Å². The van der Waals surface area contributed by atoms with Gasteiger partial charge < -0.3 is 5.32 Å². The largest absolute Gasteiger partial charge is 0.310 e. The fourth-order valence-electron chi connectivity index (χ4n) is 2.28. The third kappa shape index (κ3) is 4.53. The van der Waals surface area contributed by atoms with Crippen molar-refractivity contribution >= 4 is 27.5 Å². The van der Waals surface area contributed by atoms with E-state index >= 15 is 0 Å². The Morgan fingerprint density at radius 1 is 1.33 bits per heavy atom. The molecule has 21 heavy (non-hydrogen) atoms. The lowest BCUT2D eigenvalue weighted by Crippen LogP contribution is -2.24. The molecule has 0 saturated carbocycles. The van der Waals surface area contributed by atoms with Gasteiger partial charge in [-0.2, -0.15) is 0 Å². The van der Waals surface area contributed by atoms with E-state index in [-0.39, 0.29) is 6.04 Å². The first kappa shape index (κ1) is 16.5. The lowest BCUT2D eigenvalue weighted by molar-refractivity contribution is 0.523. The lowest BCUT2D eigenvalue weighted by atomic mass is 9.99. The van der Waals surface area contributed by atoms with Crippen LogP contribution in [0.5, 0.6) is 0 Å². The maximum absolute atomic E-state index is 6.10. The van der Waals surface area contributed by atoms with Gasteiger partial charge in [0.1, 0.15) is 0 Å². The SMILES string of the molecule is CCCNC(Cc1ncccc1C)c1ccc(Cl)c(Br)c1. The van der Waals surface area contributed by atoms with Gasteiger partial charge in [-0.15, -0.1) is 0 Å². The molecule has 0 aliphatic carbocycles. The van der Waals surface area contributed by atoms with Crippen molar-refractivity contribution in [1.29, 1.82) is 0 Å². The molecule has 0 amide bonds. The molecule has 1 heterocycles. The molecule has 0 radical (unpaired) electrons. The minimum atomic E-state index is 0.243. The van der Waals surface area contributed by atoms with Crippen molar-refractivity contribution in [3.63, 3.8) is 0 Å². The van der Waals surface area contributed by atoms with Crippen LogP contribution >= 0.6 is 27.5 Å². The molecule has 0 aliphatic rings. The molecule has 0 saturated heterocycles. The van der Waals surface area contributed by atoms with Gasteiger partial charge in [0.05, 0.1) is 5.02 Å². The Labute approximate surface area is 140 Å². The maximum Gasteiger partial charge on any atom is 0.0548 e. The average Bonchev–Trinajstić information content (AvgIpc) is 2.48. The third-order valence-electron chi connectivity index (χ3n) is 3.50. The molecule has 2 nitrogen and oxygen atoms in total. The first-order valence-electron chi connectivity index (χ1n) is 7.20. The van der Waals surface area contributed by atoms with Crippen LogP contribution in [0.3, 0.4) is 0 Å². The number of hydrogen-bond donors (Lipinski definition) is 1. The van der Waals surface area contributed by atoms with Crippen LogP contribution in [0.4, 0.5) is 0 Å². The van der Waals surface area contributed by atoms with Gasteiger partial charge in [0, 0.05) is 28.8 Å². The average molecular weight is 368 g/mol. The minimum absolute atomic E-state index is 0.243. The smallest absolute Gasteiger partial charge is 0.0548 e. The van der Waals surface area contributed by atoms with Gasteiger partial charge in [-0.3, -0.25) is 4.98 Å². The Morgan fingerprint density at radius 3 is 2.81 bits per heavy atom. The number of nitrogens with zero attached hydrogens (tertiary/aromatic N) is 1. The standard InChI is InChI=1S/C17H20BrClN2/c1-3-8-20-17(11-16-12(2)5-4-9-21-16)13-6-7-15(19)14(18)10-13/h4-7,9-10,17,20H,3,8,11H2,1-2H3. The van der Waals surface area contributed by atoms with Crippen LogP contribution < -0.4 is 5.32 Å². The van der Waals surface area contributed by atoms with Crippen molar-refractivity contribution in [1.82, 2.24) is 10.3 Å². The highest BCUT2D eigenvalue weighted by molar-refractivity contribution is 9.10. The summed E-state index contributed by atoms with van der Waals surface area (Å²) in [4.78, 5) is 4.51. The van der Waals surface area contributed by atoms with Gasteiger partial charge >= 0.3 is 0 Å². The van der Waals surface area contributed by atoms with Crippen LogP contribution in [0.2, 0.25) is 5.02 Å². The van der Waals surface area contributed by atoms with Crippen LogP contribution in [0.1, 0.15) is 36.2 Å². The summed E-state index contributed by atoms with van der Waals surface area (Å²) < 4.78 is 0.933. The van der Waals surface area contributed by atoms with E-state index in [4.69, 9.17) is 11.6 Å². The van der Waals surface area contributed by atoms with E-state index in [1.807, 2.05) is 18.3 Å². The fraction of sp³-hybridized carbons (Fsp3) is 0.353. The van der Waals surface area contributed by atoms with Crippen molar-refractivity contribution < 1.29 is 0 Å². The van der Waals surface area contributed by atoms with Crippen molar-refractivity contribution in [2.24, 2.45) is 0 Å². The van der Waals surface area contributed by atoms with E-state index < -0.39 is 0 Å². The molecule has 1 atom stereocenters. The summed E-state index contributed by atoms with van der Waals surface area (Å²) >= 11 is 9.60. The number of rotatable bonds is 6. The normalized spacial score (nSPS) is 12.4. The molecule has 0 bridgehead atoms. The Bertz CT molecular complexity index is 601. The molecule has 0 spiro atoms. The molecular formula is C17H20BrClN2. The molecular weight excluding hydrogens is 348 g/mol. The molecule has 1 aromatic heterocycles. The summed E-state index contributed by atoms with van der Waals surface area (Å²) in [6.45, 7) is 5.27. The zero-order valence-electron chi connectivity index (χ0n) is 12.4. The zero-order chi connectivity index (χ0) is 15.2. The van der Waals surface area contributed by atoms with Gasteiger partial charge in [-0.25, -0.2) is 0 Å². The molecule has 4 heteroatoms. The summed E-state index contributed by atoms with van der Waals surface area (Å²) in [6.07, 6.45) is 3.84. The predicted molar refractivity (Wildman–Crippen MR) is 92.9 cm³/mol. The number of nitrogens with one attached hydrogen (secondary N) is 1. The summed E-state index contributed by atoms with van der Waals surface area (Å²) in [5.41, 5.74) is 3.59. The molecule has 1 aromatic carbocycles. The monoisotopic (exact) mass is 366 g/mol. The third-order valence-corrected chi connectivity index (χ3v) is 4.72. The van der Waals surface area contributed by atoms with Gasteiger partial charge in [0.2, 0.25) is 0 Å². The Balaban J connectivity index is 2.25. The highest BCUT2D eigenvalue weighted by Crippen LogP contribution is 2.27. The van der Waals surface area contributed by atoms with Gasteiger partial charge in [0.25, 0.3) is 0 Å². The first-order chi connectivity index (χ1) is 10.1. The quantitative estimate of drug-likeness (QED) is 0.769. The van der Waals surface area contributed by atoms with Gasteiger partial charge in [0.15, 0.2) is 0 Å². The van der Waals surface area contributed by atoms with E-state index in [9.17, 15) is 0 Å². The number of halogens is 2. The molecule has 2 rings (SSSR count). The van der Waals surface area contributed by atoms with Crippen LogP contribution in [0, 0.1) is 6.92 Å². The van der Waals surface area contributed by atoms with Crippen LogP contribution in [-0.2, 0) is 6.42 Å². The molecule has 0 fully saturated rings. The number of pyridine rings is 1. The van der Waals surface area contributed by atoms with Crippen LogP contribution in [0.25, 0.3) is 0 Å². The second kappa shape index (κ2) is 7.92. The first-order valence-corrected chi connectivity index (χ1v) is 8.37. The molecule has 1 N–H and O–H groups in total. The van der Waals surface area contributed by atoms with Crippen LogP contribution in [0.15, 0.2) is 41.0 Å². The molecule has 1 unspecified atom stereocenters. The minimum Gasteiger partial charge on any atom is -0.310 e. The number of aryl methyl sites for hydroxylation is 1. The van der Waals surface area contributed by atoms with E-state index in [1.54, 1.807) is 0 Å². The highest BCUT2D eigenvalue weighted by atomic mass is 79.9. The maximum atomic E-state index is 6.10. The second-order valence-electron chi connectivity index (χ2n) is 5.15. The number of benzene rings is 1. The summed E-state index contributed by atoms with van der Waals surface area (Å²) in [7, 11) is 0. The topological polar surface area (TPSA) is 24.9 Å². The number of aromatic nitrogens is 1. The summed E-state index contributed by atoms with van der Waals surface area (Å²) in [6, 6.07) is 10.4. The van der Waals surface area contributed by atoms with E-state index in [1.165, 1.54) is 11.1 Å². The van der Waals surface area contributed by atoms with Crippen LogP contribution in [-0.4, -0.2) is 11.5 Å². The number of hydrogen-bond acceptors (Lipinski definition) is 2.